The Balaban J connectivity index is 2.13. The maximum atomic E-state index is 5.83. The molecule has 0 aromatic heterocycles. The fraction of sp³-hybridized carbons (Fsp3) is 0.143. The highest BCUT2D eigenvalue weighted by atomic mass is 16.5. The van der Waals surface area contributed by atoms with Gasteiger partial charge >= 0.3 is 0 Å². The van der Waals surface area contributed by atoms with Crippen molar-refractivity contribution < 1.29 is 9.85 Å². The molecule has 0 radical (unpaired) electrons. The zero-order chi connectivity index (χ0) is 13.7. The summed E-state index contributed by atoms with van der Waals surface area (Å²) in [6, 6.07) is 12.7. The summed E-state index contributed by atoms with van der Waals surface area (Å²) in [5, 5.41) is 7.15. The molecule has 0 aliphatic carbocycles. The first-order chi connectivity index (χ1) is 9.19. The lowest BCUT2D eigenvalue weighted by Crippen LogP contribution is -2.57. The number of benzene rings is 2. The van der Waals surface area contributed by atoms with Crippen LogP contribution in [0.3, 0.4) is 0 Å². The summed E-state index contributed by atoms with van der Waals surface area (Å²) >= 11 is 0. The van der Waals surface area contributed by atoms with E-state index in [-0.39, 0.29) is 0 Å². The number of nitrogens with two attached hydrogens (primary N) is 2. The lowest BCUT2D eigenvalue weighted by atomic mass is 10.2. The predicted octanol–water partition coefficient (Wildman–Crippen LogP) is 1.75. The molecule has 98 valence electrons. The molecule has 19 heavy (non-hydrogen) atoms. The summed E-state index contributed by atoms with van der Waals surface area (Å²) in [6.07, 6.45) is 0. The highest BCUT2D eigenvalue weighted by Gasteiger charge is 2.04. The van der Waals surface area contributed by atoms with E-state index in [4.69, 9.17) is 16.2 Å². The standard InChI is InChI=1S/C14H16N4O/c1-2-19-12-6-4-11(5-7-12)17-18-14-8-3-10(15)9-13(14)16/h3-9H,2,15-16H2,1H3/p+1. The maximum absolute atomic E-state index is 5.83. The second kappa shape index (κ2) is 5.86. The summed E-state index contributed by atoms with van der Waals surface area (Å²) in [4.78, 5) is 0. The van der Waals surface area contributed by atoms with Gasteiger partial charge in [0.05, 0.1) is 6.61 Å². The summed E-state index contributed by atoms with van der Waals surface area (Å²) in [5.41, 5.74) is 14.2. The third-order valence-electron chi connectivity index (χ3n) is 2.53. The van der Waals surface area contributed by atoms with Crippen molar-refractivity contribution in [1.29, 1.82) is 0 Å². The molecule has 5 nitrogen and oxygen atoms in total. The van der Waals surface area contributed by atoms with Crippen molar-refractivity contribution in [1.82, 2.24) is 0 Å². The molecule has 0 bridgehead atoms. The zero-order valence-electron chi connectivity index (χ0n) is 10.8. The molecule has 5 N–H and O–H groups in total. The van der Waals surface area contributed by atoms with Gasteiger partial charge in [-0.05, 0) is 48.4 Å². The first kappa shape index (κ1) is 12.9. The Bertz CT molecular complexity index is 578. The Hall–Kier alpha value is -2.56. The number of ether oxygens (including phenoxy) is 1. The second-order valence-electron chi connectivity index (χ2n) is 4.00. The van der Waals surface area contributed by atoms with E-state index < -0.39 is 0 Å². The van der Waals surface area contributed by atoms with Gasteiger partial charge in [0, 0.05) is 11.8 Å². The lowest BCUT2D eigenvalue weighted by Gasteiger charge is -2.00. The van der Waals surface area contributed by atoms with Crippen LogP contribution in [0.15, 0.2) is 47.6 Å². The van der Waals surface area contributed by atoms with Gasteiger partial charge in [-0.3, -0.25) is 0 Å². The van der Waals surface area contributed by atoms with Gasteiger partial charge in [-0.1, -0.05) is 5.11 Å². The molecule has 0 amide bonds. The fourth-order valence-corrected chi connectivity index (χ4v) is 1.59. The molecule has 2 aromatic carbocycles. The monoisotopic (exact) mass is 257 g/mol. The summed E-state index contributed by atoms with van der Waals surface area (Å²) < 4.78 is 5.36. The van der Waals surface area contributed by atoms with Crippen molar-refractivity contribution >= 4 is 22.7 Å². The molecule has 0 unspecified atom stereocenters. The number of hydrogen-bond donors (Lipinski definition) is 3. The van der Waals surface area contributed by atoms with Crippen LogP contribution in [0.25, 0.3) is 0 Å². The Kier molecular flexibility index (Phi) is 3.97. The molecule has 0 saturated heterocycles. The first-order valence-electron chi connectivity index (χ1n) is 6.03. The van der Waals surface area contributed by atoms with E-state index >= 15 is 0 Å². The molecule has 2 aromatic rings. The number of azo groups is 1. The van der Waals surface area contributed by atoms with Gasteiger partial charge in [0.2, 0.25) is 0 Å². The van der Waals surface area contributed by atoms with Crippen LogP contribution in [-0.4, -0.2) is 6.61 Å². The van der Waals surface area contributed by atoms with Crippen LogP contribution in [0.5, 0.6) is 5.75 Å². The predicted molar refractivity (Wildman–Crippen MR) is 75.6 cm³/mol. The number of anilines is 2. The van der Waals surface area contributed by atoms with E-state index in [0.29, 0.717) is 18.0 Å². The fourth-order valence-electron chi connectivity index (χ4n) is 1.59. The van der Waals surface area contributed by atoms with Crippen LogP contribution in [0, 0.1) is 0 Å². The number of nitrogens with one attached hydrogen (secondary N) is 1. The van der Waals surface area contributed by atoms with Gasteiger partial charge in [-0.25, -0.2) is 0 Å². The number of rotatable bonds is 4. The van der Waals surface area contributed by atoms with Crippen LogP contribution >= 0.6 is 0 Å². The van der Waals surface area contributed by atoms with E-state index in [1.54, 1.807) is 18.2 Å². The maximum Gasteiger partial charge on any atom is 0.252 e. The zero-order valence-corrected chi connectivity index (χ0v) is 10.8. The molecular weight excluding hydrogens is 240 g/mol. The molecule has 5 heteroatoms. The quantitative estimate of drug-likeness (QED) is 0.576. The largest absolute Gasteiger partial charge is 0.494 e. The topological polar surface area (TPSA) is 87.6 Å². The second-order valence-corrected chi connectivity index (χ2v) is 4.00. The van der Waals surface area contributed by atoms with Crippen molar-refractivity contribution in [2.45, 2.75) is 6.92 Å². The molecule has 2 rings (SSSR count). The number of nitrogen functional groups attached to an aromatic ring is 2. The molecule has 0 fully saturated rings. The van der Waals surface area contributed by atoms with Crippen molar-refractivity contribution in [2.75, 3.05) is 18.1 Å². The molecule has 0 heterocycles. The van der Waals surface area contributed by atoms with Gasteiger partial charge in [0.25, 0.3) is 5.69 Å². The van der Waals surface area contributed by atoms with Crippen molar-refractivity contribution in [3.63, 3.8) is 0 Å². The first-order valence-corrected chi connectivity index (χ1v) is 6.03. The van der Waals surface area contributed by atoms with Gasteiger partial charge in [0.1, 0.15) is 17.1 Å². The highest BCUT2D eigenvalue weighted by molar-refractivity contribution is 5.63. The third kappa shape index (κ3) is 3.45. The molecule has 0 saturated carbocycles. The Labute approximate surface area is 111 Å². The molecule has 0 atom stereocenters. The summed E-state index contributed by atoms with van der Waals surface area (Å²) in [6.45, 7) is 2.60. The lowest BCUT2D eigenvalue weighted by molar-refractivity contribution is -0.432. The molecular formula is C14H17N4O+. The van der Waals surface area contributed by atoms with E-state index in [1.165, 1.54) is 0 Å². The normalized spacial score (nSPS) is 10.8. The minimum absolute atomic E-state index is 0.565. The summed E-state index contributed by atoms with van der Waals surface area (Å²) in [7, 11) is 0. The third-order valence-corrected chi connectivity index (χ3v) is 2.53. The van der Waals surface area contributed by atoms with Crippen LogP contribution in [0.4, 0.5) is 22.7 Å². The summed E-state index contributed by atoms with van der Waals surface area (Å²) in [5.74, 6) is 0.827. The smallest absolute Gasteiger partial charge is 0.252 e. The van der Waals surface area contributed by atoms with Crippen molar-refractivity contribution in [3.8, 4) is 5.75 Å². The van der Waals surface area contributed by atoms with Crippen molar-refractivity contribution in [3.05, 3.63) is 42.5 Å². The highest BCUT2D eigenvalue weighted by Crippen LogP contribution is 2.18. The van der Waals surface area contributed by atoms with Gasteiger partial charge in [-0.2, -0.15) is 0 Å². The average Bonchev–Trinajstić information content (AvgIpc) is 2.40. The number of hydrogen-bond acceptors (Lipinski definition) is 4. The van der Waals surface area contributed by atoms with E-state index in [0.717, 1.165) is 17.1 Å². The Morgan fingerprint density at radius 1 is 1.11 bits per heavy atom. The van der Waals surface area contributed by atoms with E-state index in [1.807, 2.05) is 31.2 Å². The van der Waals surface area contributed by atoms with E-state index in [2.05, 4.69) is 10.2 Å². The van der Waals surface area contributed by atoms with Crippen LogP contribution in [0.1, 0.15) is 6.92 Å². The van der Waals surface area contributed by atoms with Gasteiger partial charge in [0.15, 0.2) is 0 Å². The van der Waals surface area contributed by atoms with Gasteiger partial charge < -0.3 is 16.2 Å². The minimum atomic E-state index is 0.565. The number of nitrogens with zero attached hydrogens (tertiary/aromatic N) is 1. The van der Waals surface area contributed by atoms with Crippen LogP contribution in [-0.2, 0) is 0 Å². The molecule has 0 aliphatic rings. The van der Waals surface area contributed by atoms with Gasteiger partial charge in [-0.15, -0.1) is 0 Å². The van der Waals surface area contributed by atoms with Crippen molar-refractivity contribution in [2.24, 2.45) is 5.11 Å². The van der Waals surface area contributed by atoms with Crippen LogP contribution in [0.2, 0.25) is 0 Å². The Morgan fingerprint density at radius 2 is 1.84 bits per heavy atom. The molecule has 0 spiro atoms. The minimum Gasteiger partial charge on any atom is -0.494 e. The van der Waals surface area contributed by atoms with Crippen LogP contribution < -0.4 is 21.3 Å². The SMILES string of the molecule is CCOc1ccc(N=[NH+]c2ccc(N)cc2N)cc1. The Morgan fingerprint density at radius 3 is 2.47 bits per heavy atom. The average molecular weight is 257 g/mol. The molecule has 0 aliphatic heterocycles. The van der Waals surface area contributed by atoms with E-state index in [9.17, 15) is 0 Å².